The molecule has 1 aromatic carbocycles. The molecule has 158 valence electrons. The summed E-state index contributed by atoms with van der Waals surface area (Å²) in [6.07, 6.45) is 3.37. The summed E-state index contributed by atoms with van der Waals surface area (Å²) in [5.41, 5.74) is 5.02. The van der Waals surface area contributed by atoms with Gasteiger partial charge in [0.1, 0.15) is 0 Å². The van der Waals surface area contributed by atoms with Gasteiger partial charge in [0.05, 0.1) is 30.0 Å². The molecule has 3 aromatic heterocycles. The molecule has 0 aliphatic carbocycles. The lowest BCUT2D eigenvalue weighted by atomic mass is 10.0. The standard InChI is InChI=1S/C24H25N5O2/c1-15(2)29-23-20(14-27-29)19(12-21(28-23)18-7-5-16(3)6-8-18)24(30)26-13-17-9-10-25-22(11-17)31-4/h5-12,14-15H,13H2,1-4H3,(H,26,30). The largest absolute Gasteiger partial charge is 0.481 e. The number of fused-ring (bicyclic) bond motifs is 1. The zero-order valence-electron chi connectivity index (χ0n) is 18.1. The number of hydrogen-bond acceptors (Lipinski definition) is 5. The van der Waals surface area contributed by atoms with E-state index in [1.165, 1.54) is 5.56 Å². The summed E-state index contributed by atoms with van der Waals surface area (Å²) in [5.74, 6) is 0.331. The molecule has 0 saturated carbocycles. The predicted octanol–water partition coefficient (Wildman–Crippen LogP) is 4.32. The predicted molar refractivity (Wildman–Crippen MR) is 120 cm³/mol. The fraction of sp³-hybridized carbons (Fsp3) is 0.250. The topological polar surface area (TPSA) is 81.9 Å². The summed E-state index contributed by atoms with van der Waals surface area (Å²) < 4.78 is 7.00. The van der Waals surface area contributed by atoms with Gasteiger partial charge in [0.25, 0.3) is 5.91 Å². The molecule has 0 fully saturated rings. The lowest BCUT2D eigenvalue weighted by molar-refractivity contribution is 0.0952. The van der Waals surface area contributed by atoms with Gasteiger partial charge in [0.15, 0.2) is 5.65 Å². The van der Waals surface area contributed by atoms with Crippen LogP contribution in [0.2, 0.25) is 0 Å². The third-order valence-electron chi connectivity index (χ3n) is 5.11. The number of aromatic nitrogens is 4. The second-order valence-corrected chi connectivity index (χ2v) is 7.73. The Morgan fingerprint density at radius 2 is 1.94 bits per heavy atom. The normalized spacial score (nSPS) is 11.1. The maximum absolute atomic E-state index is 13.2. The second-order valence-electron chi connectivity index (χ2n) is 7.73. The van der Waals surface area contributed by atoms with Crippen LogP contribution in [0.5, 0.6) is 5.88 Å². The lowest BCUT2D eigenvalue weighted by Gasteiger charge is -2.11. The summed E-state index contributed by atoms with van der Waals surface area (Å²) in [7, 11) is 1.57. The number of carbonyl (C=O) groups excluding carboxylic acids is 1. The van der Waals surface area contributed by atoms with Gasteiger partial charge in [-0.15, -0.1) is 0 Å². The highest BCUT2D eigenvalue weighted by Crippen LogP contribution is 2.26. The SMILES string of the molecule is COc1cc(CNC(=O)c2cc(-c3ccc(C)cc3)nc3c2cnn3C(C)C)ccn1. The number of nitrogens with one attached hydrogen (secondary N) is 1. The molecule has 0 aliphatic rings. The van der Waals surface area contributed by atoms with Gasteiger partial charge in [-0.3, -0.25) is 4.79 Å². The summed E-state index contributed by atoms with van der Waals surface area (Å²) in [4.78, 5) is 22.1. The molecule has 7 nitrogen and oxygen atoms in total. The average molecular weight is 415 g/mol. The number of carbonyl (C=O) groups is 1. The number of aryl methyl sites for hydroxylation is 1. The van der Waals surface area contributed by atoms with Crippen molar-refractivity contribution in [2.45, 2.75) is 33.4 Å². The van der Waals surface area contributed by atoms with Crippen LogP contribution < -0.4 is 10.1 Å². The monoisotopic (exact) mass is 415 g/mol. The van der Waals surface area contributed by atoms with Gasteiger partial charge in [-0.1, -0.05) is 29.8 Å². The number of methoxy groups -OCH3 is 1. The van der Waals surface area contributed by atoms with Gasteiger partial charge in [-0.25, -0.2) is 14.6 Å². The zero-order valence-corrected chi connectivity index (χ0v) is 18.1. The van der Waals surface area contributed by atoms with Crippen molar-refractivity contribution in [2.75, 3.05) is 7.11 Å². The van der Waals surface area contributed by atoms with Crippen LogP contribution in [0.25, 0.3) is 22.3 Å². The molecule has 4 aromatic rings. The smallest absolute Gasteiger partial charge is 0.252 e. The van der Waals surface area contributed by atoms with Gasteiger partial charge in [0, 0.05) is 30.4 Å². The van der Waals surface area contributed by atoms with E-state index in [4.69, 9.17) is 9.72 Å². The van der Waals surface area contributed by atoms with Crippen molar-refractivity contribution in [1.29, 1.82) is 0 Å². The Kier molecular flexibility index (Phi) is 5.66. The third-order valence-corrected chi connectivity index (χ3v) is 5.11. The van der Waals surface area contributed by atoms with E-state index >= 15 is 0 Å². The van der Waals surface area contributed by atoms with Crippen molar-refractivity contribution in [2.24, 2.45) is 0 Å². The first-order chi connectivity index (χ1) is 15.0. The number of benzene rings is 1. The first-order valence-corrected chi connectivity index (χ1v) is 10.2. The van der Waals surface area contributed by atoms with E-state index in [0.717, 1.165) is 22.2 Å². The molecule has 0 aliphatic heterocycles. The van der Waals surface area contributed by atoms with Crippen LogP contribution in [0.3, 0.4) is 0 Å². The molecule has 3 heterocycles. The maximum atomic E-state index is 13.2. The number of nitrogens with zero attached hydrogens (tertiary/aromatic N) is 4. The number of amides is 1. The molecule has 7 heteroatoms. The Balaban J connectivity index is 1.72. The van der Waals surface area contributed by atoms with Crippen LogP contribution >= 0.6 is 0 Å². The highest BCUT2D eigenvalue weighted by atomic mass is 16.5. The Bertz CT molecular complexity index is 1230. The Labute approximate surface area is 181 Å². The number of pyridine rings is 2. The Morgan fingerprint density at radius 1 is 1.16 bits per heavy atom. The average Bonchev–Trinajstić information content (AvgIpc) is 3.22. The minimum absolute atomic E-state index is 0.124. The van der Waals surface area contributed by atoms with E-state index in [2.05, 4.69) is 15.4 Å². The van der Waals surface area contributed by atoms with Crippen molar-refractivity contribution in [3.05, 3.63) is 71.5 Å². The van der Waals surface area contributed by atoms with E-state index < -0.39 is 0 Å². The molecule has 4 rings (SSSR count). The molecule has 0 saturated heterocycles. The maximum Gasteiger partial charge on any atom is 0.252 e. The van der Waals surface area contributed by atoms with E-state index in [0.29, 0.717) is 23.6 Å². The summed E-state index contributed by atoms with van der Waals surface area (Å²) >= 11 is 0. The minimum Gasteiger partial charge on any atom is -0.481 e. The molecule has 0 bridgehead atoms. The molecule has 0 atom stereocenters. The molecule has 0 spiro atoms. The van der Waals surface area contributed by atoms with Crippen LogP contribution in [0, 0.1) is 6.92 Å². The van der Waals surface area contributed by atoms with Crippen molar-refractivity contribution in [3.8, 4) is 17.1 Å². The zero-order chi connectivity index (χ0) is 22.0. The number of ether oxygens (including phenoxy) is 1. The first-order valence-electron chi connectivity index (χ1n) is 10.2. The van der Waals surface area contributed by atoms with E-state index in [-0.39, 0.29) is 11.9 Å². The molecule has 1 N–H and O–H groups in total. The Morgan fingerprint density at radius 3 is 2.65 bits per heavy atom. The molecular weight excluding hydrogens is 390 g/mol. The van der Waals surface area contributed by atoms with Gasteiger partial charge >= 0.3 is 0 Å². The van der Waals surface area contributed by atoms with Gasteiger partial charge in [-0.2, -0.15) is 5.10 Å². The quantitative estimate of drug-likeness (QED) is 0.507. The first kappa shape index (κ1) is 20.5. The third kappa shape index (κ3) is 4.26. The minimum atomic E-state index is -0.181. The highest BCUT2D eigenvalue weighted by Gasteiger charge is 2.18. The summed E-state index contributed by atoms with van der Waals surface area (Å²) in [6, 6.07) is 13.7. The van der Waals surface area contributed by atoms with Crippen molar-refractivity contribution in [1.82, 2.24) is 25.1 Å². The molecule has 1 amide bonds. The summed E-state index contributed by atoms with van der Waals surface area (Å²) in [6.45, 7) is 6.49. The van der Waals surface area contributed by atoms with E-state index in [1.807, 2.05) is 61.9 Å². The number of hydrogen-bond donors (Lipinski definition) is 1. The molecular formula is C24H25N5O2. The van der Waals surface area contributed by atoms with E-state index in [9.17, 15) is 4.79 Å². The van der Waals surface area contributed by atoms with Crippen molar-refractivity contribution in [3.63, 3.8) is 0 Å². The van der Waals surface area contributed by atoms with Gasteiger partial charge in [-0.05, 0) is 38.5 Å². The van der Waals surface area contributed by atoms with Crippen LogP contribution in [-0.4, -0.2) is 32.8 Å². The van der Waals surface area contributed by atoms with Crippen LogP contribution in [-0.2, 0) is 6.54 Å². The fourth-order valence-corrected chi connectivity index (χ4v) is 3.41. The summed E-state index contributed by atoms with van der Waals surface area (Å²) in [5, 5.41) is 8.21. The van der Waals surface area contributed by atoms with Crippen LogP contribution in [0.4, 0.5) is 0 Å². The molecule has 0 radical (unpaired) electrons. The molecule has 31 heavy (non-hydrogen) atoms. The lowest BCUT2D eigenvalue weighted by Crippen LogP contribution is -2.23. The van der Waals surface area contributed by atoms with Crippen LogP contribution in [0.1, 0.15) is 41.4 Å². The van der Waals surface area contributed by atoms with Gasteiger partial charge < -0.3 is 10.1 Å². The van der Waals surface area contributed by atoms with Crippen molar-refractivity contribution >= 4 is 16.9 Å². The van der Waals surface area contributed by atoms with Gasteiger partial charge in [0.2, 0.25) is 5.88 Å². The number of rotatable bonds is 6. The molecule has 0 unspecified atom stereocenters. The van der Waals surface area contributed by atoms with Crippen LogP contribution in [0.15, 0.2) is 54.9 Å². The second kappa shape index (κ2) is 8.55. The van der Waals surface area contributed by atoms with E-state index in [1.54, 1.807) is 25.6 Å². The van der Waals surface area contributed by atoms with Crippen molar-refractivity contribution < 1.29 is 9.53 Å². The highest BCUT2D eigenvalue weighted by molar-refractivity contribution is 6.06. The Hall–Kier alpha value is -3.74. The fourth-order valence-electron chi connectivity index (χ4n) is 3.41.